The Hall–Kier alpha value is -1.38. The molecule has 1 amide bonds. The van der Waals surface area contributed by atoms with Crippen molar-refractivity contribution in [2.24, 2.45) is 17.3 Å². The molecule has 4 saturated carbocycles. The van der Waals surface area contributed by atoms with Crippen LogP contribution in [0.15, 0.2) is 12.7 Å². The van der Waals surface area contributed by atoms with Crippen molar-refractivity contribution in [1.82, 2.24) is 10.2 Å². The van der Waals surface area contributed by atoms with Crippen molar-refractivity contribution in [3.05, 3.63) is 12.7 Å². The molecule has 0 spiro atoms. The molecule has 5 fully saturated rings. The van der Waals surface area contributed by atoms with E-state index in [9.17, 15) is 15.2 Å². The van der Waals surface area contributed by atoms with Gasteiger partial charge >= 0.3 is 0 Å². The zero-order valence-electron chi connectivity index (χ0n) is 15.8. The third-order valence-corrected chi connectivity index (χ3v) is 7.57. The molecule has 2 N–H and O–H groups in total. The number of rotatable bonds is 5. The van der Waals surface area contributed by atoms with Crippen LogP contribution in [0.5, 0.6) is 0 Å². The molecule has 5 atom stereocenters. The summed E-state index contributed by atoms with van der Waals surface area (Å²) in [6.45, 7) is 3.83. The highest BCUT2D eigenvalue weighted by Gasteiger charge is 2.61. The molecule has 5 rings (SSSR count). The molecule has 1 saturated heterocycles. The molecule has 1 aliphatic heterocycles. The zero-order valence-corrected chi connectivity index (χ0v) is 15.8. The maximum Gasteiger partial charge on any atom is 0.241 e. The fourth-order valence-electron chi connectivity index (χ4n) is 7.23. The normalized spacial score (nSPS) is 44.7. The topological polar surface area (TPSA) is 76.4 Å². The lowest BCUT2D eigenvalue weighted by Gasteiger charge is -2.62. The number of nitrogens with zero attached hydrogens (tertiary/aromatic N) is 2. The molecule has 4 bridgehead atoms. The number of aliphatic hydroxyl groups is 1. The average molecular weight is 357 g/mol. The molecule has 142 valence electrons. The molecule has 0 aromatic rings. The smallest absolute Gasteiger partial charge is 0.241 e. The van der Waals surface area contributed by atoms with Gasteiger partial charge in [-0.15, -0.1) is 6.58 Å². The van der Waals surface area contributed by atoms with Gasteiger partial charge in [0.2, 0.25) is 5.91 Å². The SMILES string of the molecule is C=CCC1CCC(C#N)N1C(=O)C(NC)C12CC3CC(CC(O)(C3)C1)C2. The molecule has 5 nitrogen and oxygen atoms in total. The fraction of sp³-hybridized carbons (Fsp3) is 0.810. The Bertz CT molecular complexity index is 626. The Morgan fingerprint density at radius 2 is 2.08 bits per heavy atom. The van der Waals surface area contributed by atoms with E-state index in [0.717, 1.165) is 51.4 Å². The first-order valence-electron chi connectivity index (χ1n) is 10.2. The zero-order chi connectivity index (χ0) is 18.5. The van der Waals surface area contributed by atoms with E-state index < -0.39 is 5.60 Å². The van der Waals surface area contributed by atoms with Crippen LogP contribution < -0.4 is 5.32 Å². The largest absolute Gasteiger partial charge is 0.390 e. The van der Waals surface area contributed by atoms with Crippen LogP contribution in [-0.4, -0.2) is 46.7 Å². The number of carbonyl (C=O) groups excluding carboxylic acids is 1. The van der Waals surface area contributed by atoms with Gasteiger partial charge in [0.05, 0.1) is 17.7 Å². The van der Waals surface area contributed by atoms with Crippen LogP contribution in [0, 0.1) is 28.6 Å². The highest BCUT2D eigenvalue weighted by molar-refractivity contribution is 5.84. The molecule has 1 heterocycles. The van der Waals surface area contributed by atoms with Crippen LogP contribution in [0.3, 0.4) is 0 Å². The minimum absolute atomic E-state index is 0.0638. The van der Waals surface area contributed by atoms with Gasteiger partial charge in [-0.1, -0.05) is 6.08 Å². The van der Waals surface area contributed by atoms with Crippen molar-refractivity contribution in [1.29, 1.82) is 5.26 Å². The summed E-state index contributed by atoms with van der Waals surface area (Å²) in [6, 6.07) is 1.78. The first kappa shape index (κ1) is 18.0. The number of nitrogens with one attached hydrogen (secondary N) is 1. The molecule has 4 aliphatic carbocycles. The number of amides is 1. The summed E-state index contributed by atoms with van der Waals surface area (Å²) >= 11 is 0. The Kier molecular flexibility index (Phi) is 4.40. The Morgan fingerprint density at radius 3 is 2.62 bits per heavy atom. The average Bonchev–Trinajstić information content (AvgIpc) is 2.96. The lowest BCUT2D eigenvalue weighted by Crippen LogP contribution is -2.65. The lowest BCUT2D eigenvalue weighted by atomic mass is 9.46. The summed E-state index contributed by atoms with van der Waals surface area (Å²) in [5.74, 6) is 1.15. The second-order valence-corrected chi connectivity index (χ2v) is 9.42. The summed E-state index contributed by atoms with van der Waals surface area (Å²) in [5.41, 5.74) is -0.744. The van der Waals surface area contributed by atoms with Crippen molar-refractivity contribution < 1.29 is 9.90 Å². The van der Waals surface area contributed by atoms with Crippen LogP contribution in [0.1, 0.15) is 57.8 Å². The van der Waals surface area contributed by atoms with E-state index in [1.807, 2.05) is 18.0 Å². The van der Waals surface area contributed by atoms with Crippen molar-refractivity contribution in [2.75, 3.05) is 7.05 Å². The van der Waals surface area contributed by atoms with Crippen molar-refractivity contribution in [3.8, 4) is 6.07 Å². The Morgan fingerprint density at radius 1 is 1.38 bits per heavy atom. The van der Waals surface area contributed by atoms with Crippen LogP contribution in [-0.2, 0) is 4.79 Å². The maximum atomic E-state index is 13.6. The Labute approximate surface area is 156 Å². The van der Waals surface area contributed by atoms with Crippen LogP contribution in [0.25, 0.3) is 0 Å². The molecule has 5 unspecified atom stereocenters. The predicted molar refractivity (Wildman–Crippen MR) is 99.0 cm³/mol. The van der Waals surface area contributed by atoms with Crippen molar-refractivity contribution in [2.45, 2.75) is 81.5 Å². The van der Waals surface area contributed by atoms with Gasteiger partial charge in [-0.25, -0.2) is 0 Å². The van der Waals surface area contributed by atoms with E-state index in [2.05, 4.69) is 18.0 Å². The molecule has 0 aromatic heterocycles. The number of nitriles is 1. The second-order valence-electron chi connectivity index (χ2n) is 9.42. The number of likely N-dealkylation sites (tertiary alicyclic amines) is 1. The molecular weight excluding hydrogens is 326 g/mol. The van der Waals surface area contributed by atoms with Gasteiger partial charge in [-0.05, 0) is 82.1 Å². The van der Waals surface area contributed by atoms with Gasteiger partial charge in [-0.2, -0.15) is 5.26 Å². The predicted octanol–water partition coefficient (Wildman–Crippen LogP) is 2.36. The number of hydrogen-bond donors (Lipinski definition) is 2. The minimum Gasteiger partial charge on any atom is -0.390 e. The van der Waals surface area contributed by atoms with Crippen molar-refractivity contribution >= 4 is 5.91 Å². The molecular formula is C21H31N3O2. The van der Waals surface area contributed by atoms with E-state index in [-0.39, 0.29) is 29.4 Å². The van der Waals surface area contributed by atoms with Gasteiger partial charge in [-0.3, -0.25) is 4.79 Å². The molecule has 0 radical (unpaired) electrons. The van der Waals surface area contributed by atoms with E-state index in [1.165, 1.54) is 6.42 Å². The van der Waals surface area contributed by atoms with Gasteiger partial charge in [0.15, 0.2) is 0 Å². The van der Waals surface area contributed by atoms with E-state index in [0.29, 0.717) is 11.8 Å². The van der Waals surface area contributed by atoms with E-state index >= 15 is 0 Å². The molecule has 5 aliphatic rings. The van der Waals surface area contributed by atoms with Gasteiger partial charge < -0.3 is 15.3 Å². The summed E-state index contributed by atoms with van der Waals surface area (Å²) in [5, 5.41) is 24.0. The summed E-state index contributed by atoms with van der Waals surface area (Å²) in [6.07, 6.45) is 10.0. The highest BCUT2D eigenvalue weighted by Crippen LogP contribution is 2.63. The van der Waals surface area contributed by atoms with Gasteiger partial charge in [0.25, 0.3) is 0 Å². The number of likely N-dealkylation sites (N-methyl/N-ethyl adjacent to an activating group) is 1. The first-order chi connectivity index (χ1) is 12.4. The van der Waals surface area contributed by atoms with E-state index in [4.69, 9.17) is 0 Å². The third-order valence-electron chi connectivity index (χ3n) is 7.57. The lowest BCUT2D eigenvalue weighted by molar-refractivity contribution is -0.180. The minimum atomic E-state index is -0.584. The van der Waals surface area contributed by atoms with E-state index in [1.54, 1.807) is 0 Å². The molecule has 26 heavy (non-hydrogen) atoms. The first-order valence-corrected chi connectivity index (χ1v) is 10.2. The Balaban J connectivity index is 1.63. The molecule has 0 aromatic carbocycles. The maximum absolute atomic E-state index is 13.6. The number of hydrogen-bond acceptors (Lipinski definition) is 4. The van der Waals surface area contributed by atoms with Crippen LogP contribution in [0.2, 0.25) is 0 Å². The van der Waals surface area contributed by atoms with Crippen LogP contribution in [0.4, 0.5) is 0 Å². The quantitative estimate of drug-likeness (QED) is 0.741. The fourth-order valence-corrected chi connectivity index (χ4v) is 7.23. The second kappa shape index (κ2) is 6.35. The summed E-state index contributed by atoms with van der Waals surface area (Å²) in [4.78, 5) is 15.5. The third kappa shape index (κ3) is 2.70. The highest BCUT2D eigenvalue weighted by atomic mass is 16.3. The van der Waals surface area contributed by atoms with Crippen LogP contribution >= 0.6 is 0 Å². The number of carbonyl (C=O) groups is 1. The van der Waals surface area contributed by atoms with Gasteiger partial charge in [0.1, 0.15) is 6.04 Å². The molecule has 5 heteroatoms. The van der Waals surface area contributed by atoms with Crippen molar-refractivity contribution in [3.63, 3.8) is 0 Å². The summed E-state index contributed by atoms with van der Waals surface area (Å²) < 4.78 is 0. The van der Waals surface area contributed by atoms with Gasteiger partial charge in [0, 0.05) is 6.04 Å². The monoisotopic (exact) mass is 357 g/mol. The summed E-state index contributed by atoms with van der Waals surface area (Å²) in [7, 11) is 1.87. The standard InChI is InChI=1S/C21H31N3O2/c1-3-4-16-5-6-17(12-22)24(16)19(25)18(23-2)20-8-14-7-15(9-20)11-21(26,10-14)13-20/h3,14-18,23,26H,1,4-11,13H2,2H3.